The fourth-order valence-electron chi connectivity index (χ4n) is 4.41. The van der Waals surface area contributed by atoms with E-state index in [4.69, 9.17) is 11.6 Å². The maximum atomic E-state index is 14.1. The van der Waals surface area contributed by atoms with E-state index in [2.05, 4.69) is 15.6 Å². The molecule has 0 saturated carbocycles. The van der Waals surface area contributed by atoms with Gasteiger partial charge in [0.05, 0.1) is 23.8 Å². The molecule has 2 aliphatic heterocycles. The molecular formula is C23H15ClF5N5O3. The summed E-state index contributed by atoms with van der Waals surface area (Å²) in [5, 5.41) is 5.05. The minimum Gasteiger partial charge on any atom is -0.342 e. The summed E-state index contributed by atoms with van der Waals surface area (Å²) in [5.41, 5.74) is -1.90. The molecule has 0 radical (unpaired) electrons. The van der Waals surface area contributed by atoms with E-state index in [9.17, 15) is 36.3 Å². The number of anilines is 1. The van der Waals surface area contributed by atoms with Crippen molar-refractivity contribution < 1.29 is 36.3 Å². The highest BCUT2D eigenvalue weighted by Gasteiger charge is 2.45. The highest BCUT2D eigenvalue weighted by Crippen LogP contribution is 2.40. The summed E-state index contributed by atoms with van der Waals surface area (Å²) in [6.07, 6.45) is -4.91. The lowest BCUT2D eigenvalue weighted by molar-refractivity contribution is -0.137. The summed E-state index contributed by atoms with van der Waals surface area (Å²) >= 11 is 6.26. The number of rotatable bonds is 3. The summed E-state index contributed by atoms with van der Waals surface area (Å²) in [5.74, 6) is -4.79. The number of alkyl halides is 3. The van der Waals surface area contributed by atoms with Gasteiger partial charge < -0.3 is 20.1 Å². The number of aromatic nitrogens is 2. The Morgan fingerprint density at radius 1 is 1.14 bits per heavy atom. The molecule has 0 aliphatic carbocycles. The summed E-state index contributed by atoms with van der Waals surface area (Å²) < 4.78 is 68.7. The number of nitrogens with one attached hydrogen (secondary N) is 2. The number of nitrogens with zero attached hydrogens (tertiary/aromatic N) is 3. The lowest BCUT2D eigenvalue weighted by Gasteiger charge is -2.37. The van der Waals surface area contributed by atoms with Crippen LogP contribution < -0.4 is 10.6 Å². The third kappa shape index (κ3) is 4.18. The molecule has 2 unspecified atom stereocenters. The molecule has 2 N–H and O–H groups in total. The Labute approximate surface area is 210 Å². The van der Waals surface area contributed by atoms with Gasteiger partial charge in [-0.25, -0.2) is 13.8 Å². The van der Waals surface area contributed by atoms with E-state index in [0.717, 1.165) is 12.1 Å². The van der Waals surface area contributed by atoms with Gasteiger partial charge in [-0.15, -0.1) is 0 Å². The van der Waals surface area contributed by atoms with Gasteiger partial charge in [0.25, 0.3) is 11.8 Å². The van der Waals surface area contributed by atoms with E-state index in [1.165, 1.54) is 22.6 Å². The second-order valence-electron chi connectivity index (χ2n) is 8.53. The zero-order valence-corrected chi connectivity index (χ0v) is 19.4. The number of carbonyl (C=O) groups excluding carboxylic acids is 3. The van der Waals surface area contributed by atoms with Crippen molar-refractivity contribution in [3.05, 3.63) is 81.3 Å². The van der Waals surface area contributed by atoms with Crippen molar-refractivity contribution >= 4 is 35.1 Å². The van der Waals surface area contributed by atoms with Crippen LogP contribution in [0.1, 0.15) is 49.9 Å². The van der Waals surface area contributed by atoms with Gasteiger partial charge >= 0.3 is 6.18 Å². The van der Waals surface area contributed by atoms with Crippen LogP contribution in [0, 0.1) is 11.6 Å². The number of carbonyl (C=O) groups is 3. The molecule has 192 valence electrons. The first-order valence-corrected chi connectivity index (χ1v) is 11.0. The molecule has 1 aromatic heterocycles. The minimum absolute atomic E-state index is 0.0448. The van der Waals surface area contributed by atoms with E-state index >= 15 is 0 Å². The molecule has 0 saturated heterocycles. The summed E-state index contributed by atoms with van der Waals surface area (Å²) in [7, 11) is 1.44. The molecule has 0 fully saturated rings. The summed E-state index contributed by atoms with van der Waals surface area (Å²) in [6, 6.07) is 2.57. The highest BCUT2D eigenvalue weighted by molar-refractivity contribution is 6.31. The molecule has 0 bridgehead atoms. The Hall–Kier alpha value is -4.00. The SMILES string of the molecule is CN1CC2C(=O)NC(c3cc(F)ccc3Cl)c3c(NC(=O)c4cc(F)cc(C(F)(F)F)c4)nc(n32)C1=O. The topological polar surface area (TPSA) is 96.3 Å². The van der Waals surface area contributed by atoms with Gasteiger partial charge in [0.2, 0.25) is 11.7 Å². The van der Waals surface area contributed by atoms with Gasteiger partial charge in [0, 0.05) is 23.2 Å². The predicted octanol–water partition coefficient (Wildman–Crippen LogP) is 3.93. The Bertz CT molecular complexity index is 1490. The largest absolute Gasteiger partial charge is 0.416 e. The Morgan fingerprint density at radius 2 is 1.86 bits per heavy atom. The second kappa shape index (κ2) is 8.54. The van der Waals surface area contributed by atoms with Crippen LogP contribution in [0.15, 0.2) is 36.4 Å². The standard InChI is InChI=1S/C23H15ClF5N5O3/c1-33-8-15-21(36)30-16(13-7-11(25)2-3-14(13)24)17-18(31-19(22(33)37)34(15)17)32-20(35)9-4-10(23(27,28)29)6-12(26)5-9/h2-7,15-16H,8H2,1H3,(H,30,36)(H,32,35). The van der Waals surface area contributed by atoms with Crippen LogP contribution in [0.5, 0.6) is 0 Å². The number of imidazole rings is 1. The van der Waals surface area contributed by atoms with E-state index in [1.807, 2.05) is 0 Å². The fourth-order valence-corrected chi connectivity index (χ4v) is 4.63. The van der Waals surface area contributed by atoms with Crippen molar-refractivity contribution in [1.82, 2.24) is 19.8 Å². The molecule has 8 nitrogen and oxygen atoms in total. The number of benzene rings is 2. The molecule has 14 heteroatoms. The molecular weight excluding hydrogens is 525 g/mol. The van der Waals surface area contributed by atoms with E-state index < -0.39 is 58.7 Å². The highest BCUT2D eigenvalue weighted by atomic mass is 35.5. The summed E-state index contributed by atoms with van der Waals surface area (Å²) in [4.78, 5) is 44.1. The van der Waals surface area contributed by atoms with Crippen LogP contribution >= 0.6 is 11.6 Å². The van der Waals surface area contributed by atoms with Crippen molar-refractivity contribution in [2.24, 2.45) is 0 Å². The van der Waals surface area contributed by atoms with Crippen LogP contribution in [0.2, 0.25) is 5.02 Å². The molecule has 2 atom stereocenters. The first-order chi connectivity index (χ1) is 17.3. The Kier molecular flexibility index (Phi) is 5.70. The molecule has 3 aromatic rings. The van der Waals surface area contributed by atoms with Crippen molar-refractivity contribution in [2.45, 2.75) is 18.3 Å². The van der Waals surface area contributed by atoms with Crippen LogP contribution in [0.3, 0.4) is 0 Å². The van der Waals surface area contributed by atoms with Gasteiger partial charge in [-0.3, -0.25) is 14.4 Å². The monoisotopic (exact) mass is 539 g/mol. The summed E-state index contributed by atoms with van der Waals surface area (Å²) in [6.45, 7) is -0.0448. The average Bonchev–Trinajstić information content (AvgIpc) is 3.19. The Morgan fingerprint density at radius 3 is 2.57 bits per heavy atom. The van der Waals surface area contributed by atoms with Gasteiger partial charge in [0.1, 0.15) is 17.7 Å². The van der Waals surface area contributed by atoms with Crippen molar-refractivity contribution in [3.8, 4) is 0 Å². The number of hydrogen-bond acceptors (Lipinski definition) is 4. The number of likely N-dealkylation sites (N-methyl/N-ethyl adjacent to an activating group) is 1. The number of halogens is 6. The normalized spacial score (nSPS) is 18.9. The van der Waals surface area contributed by atoms with Crippen molar-refractivity contribution in [1.29, 1.82) is 0 Å². The van der Waals surface area contributed by atoms with E-state index in [1.54, 1.807) is 0 Å². The molecule has 3 heterocycles. The second-order valence-corrected chi connectivity index (χ2v) is 8.94. The van der Waals surface area contributed by atoms with Crippen LogP contribution in [-0.2, 0) is 11.0 Å². The van der Waals surface area contributed by atoms with E-state index in [0.29, 0.717) is 12.1 Å². The lowest BCUT2D eigenvalue weighted by atomic mass is 9.98. The zero-order valence-electron chi connectivity index (χ0n) is 18.7. The molecule has 2 aliphatic rings. The number of amides is 3. The third-order valence-corrected chi connectivity index (χ3v) is 6.44. The molecule has 3 amide bonds. The molecule has 0 spiro atoms. The van der Waals surface area contributed by atoms with Gasteiger partial charge in [-0.05, 0) is 36.4 Å². The van der Waals surface area contributed by atoms with Crippen LogP contribution in [-0.4, -0.2) is 45.8 Å². The molecule has 5 rings (SSSR count). The minimum atomic E-state index is -4.91. The molecule has 2 aromatic carbocycles. The van der Waals surface area contributed by atoms with Crippen LogP contribution in [0.25, 0.3) is 0 Å². The van der Waals surface area contributed by atoms with Crippen LogP contribution in [0.4, 0.5) is 27.8 Å². The average molecular weight is 540 g/mol. The first-order valence-electron chi connectivity index (χ1n) is 10.7. The van der Waals surface area contributed by atoms with Crippen molar-refractivity contribution in [2.75, 3.05) is 18.9 Å². The quantitative estimate of drug-likeness (QED) is 0.493. The van der Waals surface area contributed by atoms with Gasteiger partial charge in [0.15, 0.2) is 5.82 Å². The maximum absolute atomic E-state index is 14.1. The molecule has 37 heavy (non-hydrogen) atoms. The lowest BCUT2D eigenvalue weighted by Crippen LogP contribution is -2.51. The van der Waals surface area contributed by atoms with Crippen molar-refractivity contribution in [3.63, 3.8) is 0 Å². The zero-order chi connectivity index (χ0) is 26.8. The third-order valence-electron chi connectivity index (χ3n) is 6.10. The predicted molar refractivity (Wildman–Crippen MR) is 119 cm³/mol. The first kappa shape index (κ1) is 24.7. The van der Waals surface area contributed by atoms with Gasteiger partial charge in [-0.2, -0.15) is 13.2 Å². The Balaban J connectivity index is 1.65. The van der Waals surface area contributed by atoms with E-state index in [-0.39, 0.29) is 40.5 Å². The smallest absolute Gasteiger partial charge is 0.342 e. The fraction of sp³-hybridized carbons (Fsp3) is 0.217. The maximum Gasteiger partial charge on any atom is 0.416 e. The van der Waals surface area contributed by atoms with Gasteiger partial charge in [-0.1, -0.05) is 11.6 Å². The number of hydrogen-bond donors (Lipinski definition) is 2.